The lowest BCUT2D eigenvalue weighted by molar-refractivity contribution is -0.141. The molecule has 0 saturated carbocycles. The average Bonchev–Trinajstić information content (AvgIpc) is 3.03. The van der Waals surface area contributed by atoms with E-state index in [-0.39, 0.29) is 35.0 Å². The van der Waals surface area contributed by atoms with Crippen molar-refractivity contribution in [2.24, 2.45) is 22.4 Å². The molecule has 0 saturated heterocycles. The summed E-state index contributed by atoms with van der Waals surface area (Å²) in [5.41, 5.74) is 4.80. The van der Waals surface area contributed by atoms with Crippen LogP contribution in [0.2, 0.25) is 0 Å². The molecule has 6 nitrogen and oxygen atoms in total. The van der Waals surface area contributed by atoms with Gasteiger partial charge in [0.15, 0.2) is 5.78 Å². The Morgan fingerprint density at radius 2 is 2.07 bits per heavy atom. The van der Waals surface area contributed by atoms with Crippen molar-refractivity contribution in [2.45, 2.75) is 52.6 Å². The number of methoxy groups -OCH3 is 1. The topological polar surface area (TPSA) is 71.0 Å². The molecular formula is C21H29N3O3. The van der Waals surface area contributed by atoms with Gasteiger partial charge in [-0.25, -0.2) is 10.5 Å². The Hall–Kier alpha value is -2.21. The first-order valence-electron chi connectivity index (χ1n) is 9.54. The number of esters is 1. The number of ether oxygens (including phenoxy) is 1. The molecule has 1 N–H and O–H groups in total. The predicted octanol–water partition coefficient (Wildman–Crippen LogP) is 2.79. The van der Waals surface area contributed by atoms with Gasteiger partial charge in [-0.05, 0) is 35.3 Å². The molecule has 1 heterocycles. The van der Waals surface area contributed by atoms with E-state index < -0.39 is 6.04 Å². The van der Waals surface area contributed by atoms with Crippen LogP contribution in [-0.2, 0) is 14.3 Å². The minimum absolute atomic E-state index is 0.00696. The summed E-state index contributed by atoms with van der Waals surface area (Å²) in [6, 6.07) is -0.390. The first-order chi connectivity index (χ1) is 12.7. The van der Waals surface area contributed by atoms with Crippen LogP contribution in [0.1, 0.15) is 40.5 Å². The van der Waals surface area contributed by atoms with E-state index in [0.29, 0.717) is 12.8 Å². The van der Waals surface area contributed by atoms with Gasteiger partial charge < -0.3 is 4.74 Å². The van der Waals surface area contributed by atoms with E-state index in [0.717, 1.165) is 11.3 Å². The summed E-state index contributed by atoms with van der Waals surface area (Å²) < 4.78 is 4.80. The molecule has 0 radical (unpaired) electrons. The molecule has 27 heavy (non-hydrogen) atoms. The molecule has 2 aliphatic carbocycles. The number of fused-ring (bicyclic) bond motifs is 1. The summed E-state index contributed by atoms with van der Waals surface area (Å²) in [7, 11) is 1.41. The lowest BCUT2D eigenvalue weighted by atomic mass is 9.69. The Kier molecular flexibility index (Phi) is 5.38. The maximum Gasteiger partial charge on any atom is 0.305 e. The van der Waals surface area contributed by atoms with Crippen LogP contribution in [0.15, 0.2) is 41.1 Å². The van der Waals surface area contributed by atoms with E-state index in [4.69, 9.17) is 4.74 Å². The first kappa shape index (κ1) is 19.5. The highest BCUT2D eigenvalue weighted by Crippen LogP contribution is 2.39. The molecule has 0 fully saturated rings. The fourth-order valence-corrected chi connectivity index (χ4v) is 3.94. The van der Waals surface area contributed by atoms with Gasteiger partial charge in [-0.3, -0.25) is 9.59 Å². The molecule has 4 atom stereocenters. The van der Waals surface area contributed by atoms with E-state index in [1.807, 2.05) is 24.3 Å². The second-order valence-electron chi connectivity index (χ2n) is 8.50. The van der Waals surface area contributed by atoms with Gasteiger partial charge >= 0.3 is 5.97 Å². The van der Waals surface area contributed by atoms with Crippen molar-refractivity contribution in [3.05, 3.63) is 36.0 Å². The van der Waals surface area contributed by atoms with Gasteiger partial charge in [0.05, 0.1) is 18.9 Å². The zero-order valence-electron chi connectivity index (χ0n) is 16.7. The number of hydrogen-bond donors (Lipinski definition) is 1. The number of nitrogens with one attached hydrogen (secondary N) is 1. The van der Waals surface area contributed by atoms with Crippen LogP contribution in [0.4, 0.5) is 0 Å². The Bertz CT molecular complexity index is 742. The minimum Gasteiger partial charge on any atom is -0.469 e. The molecule has 0 spiro atoms. The highest BCUT2D eigenvalue weighted by Gasteiger charge is 2.45. The third kappa shape index (κ3) is 3.90. The number of hydrazine groups is 1. The summed E-state index contributed by atoms with van der Waals surface area (Å²) in [4.78, 5) is 25.0. The lowest BCUT2D eigenvalue weighted by Gasteiger charge is -2.40. The van der Waals surface area contributed by atoms with Crippen molar-refractivity contribution in [3.63, 3.8) is 0 Å². The quantitative estimate of drug-likeness (QED) is 0.770. The number of hydrazone groups is 1. The summed E-state index contributed by atoms with van der Waals surface area (Å²) >= 11 is 0. The smallest absolute Gasteiger partial charge is 0.305 e. The monoisotopic (exact) mass is 371 g/mol. The van der Waals surface area contributed by atoms with Crippen molar-refractivity contribution in [1.82, 2.24) is 10.5 Å². The molecular weight excluding hydrogens is 342 g/mol. The van der Waals surface area contributed by atoms with E-state index in [1.54, 1.807) is 5.12 Å². The van der Waals surface area contributed by atoms with Gasteiger partial charge in [0, 0.05) is 6.42 Å². The zero-order valence-corrected chi connectivity index (χ0v) is 16.7. The molecule has 3 rings (SSSR count). The molecule has 4 unspecified atom stereocenters. The SMILES string of the molecule is COC(=O)CCC1C=C(C(C)(C)C)C(=O)C(N2N=C3C=CC=CC3N2)C1C. The molecule has 146 valence electrons. The van der Waals surface area contributed by atoms with Crippen LogP contribution in [0.3, 0.4) is 0 Å². The zero-order chi connectivity index (χ0) is 19.8. The Balaban J connectivity index is 1.89. The number of carbonyl (C=O) groups is 2. The predicted molar refractivity (Wildman–Crippen MR) is 105 cm³/mol. The van der Waals surface area contributed by atoms with Crippen LogP contribution in [0.25, 0.3) is 0 Å². The average molecular weight is 371 g/mol. The van der Waals surface area contributed by atoms with Gasteiger partial charge in [0.1, 0.15) is 6.04 Å². The molecule has 0 amide bonds. The number of rotatable bonds is 4. The molecule has 6 heteroatoms. The normalized spacial score (nSPS) is 30.1. The second kappa shape index (κ2) is 7.43. The van der Waals surface area contributed by atoms with E-state index in [9.17, 15) is 9.59 Å². The van der Waals surface area contributed by atoms with Crippen LogP contribution in [0.5, 0.6) is 0 Å². The number of allylic oxidation sites excluding steroid dienone is 3. The second-order valence-corrected chi connectivity index (χ2v) is 8.50. The standard InChI is InChI=1S/C21H29N3O3/c1-13-14(10-11-18(25)27-5)12-15(21(2,3)4)20(26)19(13)24-22-16-8-6-7-9-17(16)23-24/h6-9,12-14,16,19,22H,10-11H2,1-5H3. The van der Waals surface area contributed by atoms with Gasteiger partial charge in [-0.2, -0.15) is 5.10 Å². The summed E-state index contributed by atoms with van der Waals surface area (Å²) in [6.07, 6.45) is 11.0. The third-order valence-corrected chi connectivity index (χ3v) is 5.56. The van der Waals surface area contributed by atoms with Crippen molar-refractivity contribution < 1.29 is 14.3 Å². The summed E-state index contributed by atoms with van der Waals surface area (Å²) in [5.74, 6) is 0.0184. The van der Waals surface area contributed by atoms with Crippen LogP contribution < -0.4 is 5.43 Å². The lowest BCUT2D eigenvalue weighted by Crippen LogP contribution is -2.54. The Morgan fingerprint density at radius 3 is 2.70 bits per heavy atom. The Morgan fingerprint density at radius 1 is 1.33 bits per heavy atom. The number of ketones is 1. The van der Waals surface area contributed by atoms with Crippen LogP contribution >= 0.6 is 0 Å². The molecule has 1 aliphatic heterocycles. The van der Waals surface area contributed by atoms with E-state index >= 15 is 0 Å². The van der Waals surface area contributed by atoms with Gasteiger partial charge in [-0.15, -0.1) is 0 Å². The molecule has 0 aromatic rings. The largest absolute Gasteiger partial charge is 0.469 e. The number of hydrogen-bond acceptors (Lipinski definition) is 6. The van der Waals surface area contributed by atoms with Gasteiger partial charge in [0.25, 0.3) is 0 Å². The summed E-state index contributed by atoms with van der Waals surface area (Å²) in [6.45, 7) is 8.22. The maximum absolute atomic E-state index is 13.4. The minimum atomic E-state index is -0.397. The fraction of sp³-hybridized carbons (Fsp3) is 0.571. The summed E-state index contributed by atoms with van der Waals surface area (Å²) in [5, 5.41) is 6.39. The highest BCUT2D eigenvalue weighted by atomic mass is 16.5. The van der Waals surface area contributed by atoms with Crippen molar-refractivity contribution in [2.75, 3.05) is 7.11 Å². The fourth-order valence-electron chi connectivity index (χ4n) is 3.94. The van der Waals surface area contributed by atoms with Gasteiger partial charge in [0.2, 0.25) is 0 Å². The van der Waals surface area contributed by atoms with Crippen molar-refractivity contribution in [1.29, 1.82) is 0 Å². The molecule has 0 aromatic heterocycles. The van der Waals surface area contributed by atoms with Crippen LogP contribution in [0, 0.1) is 17.3 Å². The van der Waals surface area contributed by atoms with Gasteiger partial charge in [-0.1, -0.05) is 52.0 Å². The first-order valence-corrected chi connectivity index (χ1v) is 9.54. The van der Waals surface area contributed by atoms with E-state index in [2.05, 4.69) is 44.3 Å². The van der Waals surface area contributed by atoms with Crippen molar-refractivity contribution >= 4 is 17.5 Å². The molecule has 0 aromatic carbocycles. The maximum atomic E-state index is 13.4. The number of nitrogens with zero attached hydrogens (tertiary/aromatic N) is 2. The van der Waals surface area contributed by atoms with Crippen LogP contribution in [-0.4, -0.2) is 41.8 Å². The Labute approximate surface area is 161 Å². The number of carbonyl (C=O) groups excluding carboxylic acids is 2. The molecule has 0 bridgehead atoms. The van der Waals surface area contributed by atoms with Crippen molar-refractivity contribution in [3.8, 4) is 0 Å². The van der Waals surface area contributed by atoms with E-state index in [1.165, 1.54) is 7.11 Å². The highest BCUT2D eigenvalue weighted by molar-refractivity contribution is 6.04. The third-order valence-electron chi connectivity index (χ3n) is 5.56. The number of Topliss-reactive ketones (excluding diaryl/α,β-unsaturated/α-hetero) is 1. The molecule has 3 aliphatic rings.